The molecule has 2 N–H and O–H groups in total. The van der Waals surface area contributed by atoms with E-state index in [9.17, 15) is 4.79 Å². The second kappa shape index (κ2) is 6.67. The lowest BCUT2D eigenvalue weighted by atomic mass is 10.1. The first kappa shape index (κ1) is 15.2. The minimum absolute atomic E-state index is 0.0283. The van der Waals surface area contributed by atoms with Crippen LogP contribution in [0.25, 0.3) is 0 Å². The van der Waals surface area contributed by atoms with Crippen molar-refractivity contribution in [1.29, 1.82) is 0 Å². The van der Waals surface area contributed by atoms with E-state index in [2.05, 4.69) is 40.0 Å². The number of carbonyl (C=O) groups excluding carboxylic acids is 1. The highest BCUT2D eigenvalue weighted by Gasteiger charge is 2.42. The second-order valence-corrected chi connectivity index (χ2v) is 7.05. The summed E-state index contributed by atoms with van der Waals surface area (Å²) in [5.74, 6) is 1.45. The molecule has 2 aromatic rings. The number of urea groups is 1. The van der Waals surface area contributed by atoms with Gasteiger partial charge in [0.05, 0.1) is 6.54 Å². The number of hydrogen-bond acceptors (Lipinski definition) is 2. The molecule has 0 bridgehead atoms. The number of benzene rings is 1. The van der Waals surface area contributed by atoms with E-state index in [1.165, 1.54) is 31.2 Å². The van der Waals surface area contributed by atoms with Crippen LogP contribution in [0.4, 0.5) is 4.79 Å². The van der Waals surface area contributed by atoms with Crippen molar-refractivity contribution in [3.8, 4) is 0 Å². The quantitative estimate of drug-likeness (QED) is 0.823. The van der Waals surface area contributed by atoms with Crippen molar-refractivity contribution in [2.24, 2.45) is 11.8 Å². The van der Waals surface area contributed by atoms with Crippen LogP contribution in [0.3, 0.4) is 0 Å². The zero-order chi connectivity index (χ0) is 16.4. The van der Waals surface area contributed by atoms with E-state index >= 15 is 0 Å². The third-order valence-electron chi connectivity index (χ3n) is 4.94. The monoisotopic (exact) mass is 324 g/mol. The molecular formula is C19H24N4O. The van der Waals surface area contributed by atoms with E-state index in [1.54, 1.807) is 6.20 Å². The summed E-state index contributed by atoms with van der Waals surface area (Å²) in [6.07, 6.45) is 8.85. The molecule has 126 valence electrons. The molecule has 1 aromatic carbocycles. The number of carbonyl (C=O) groups is 1. The Kier molecular flexibility index (Phi) is 4.24. The van der Waals surface area contributed by atoms with Gasteiger partial charge in [0.25, 0.3) is 0 Å². The third kappa shape index (κ3) is 3.96. The predicted octanol–water partition coefficient (Wildman–Crippen LogP) is 2.92. The fraction of sp³-hybridized carbons (Fsp3) is 0.474. The van der Waals surface area contributed by atoms with E-state index < -0.39 is 0 Å². The van der Waals surface area contributed by atoms with Gasteiger partial charge in [0.1, 0.15) is 0 Å². The van der Waals surface area contributed by atoms with Crippen molar-refractivity contribution in [3.05, 3.63) is 53.9 Å². The first-order chi connectivity index (χ1) is 11.8. The van der Waals surface area contributed by atoms with E-state index in [-0.39, 0.29) is 6.03 Å². The molecule has 5 heteroatoms. The first-order valence-corrected chi connectivity index (χ1v) is 8.87. The number of hydrogen-bond donors (Lipinski definition) is 2. The maximum atomic E-state index is 12.1. The summed E-state index contributed by atoms with van der Waals surface area (Å²) in [7, 11) is 0. The van der Waals surface area contributed by atoms with E-state index in [4.69, 9.17) is 0 Å². The van der Waals surface area contributed by atoms with Gasteiger partial charge in [-0.15, -0.1) is 0 Å². The summed E-state index contributed by atoms with van der Waals surface area (Å²) in [6.45, 7) is 1.33. The molecule has 0 saturated heterocycles. The Hall–Kier alpha value is -2.30. The molecule has 2 aliphatic rings. The molecule has 0 spiro atoms. The van der Waals surface area contributed by atoms with Gasteiger partial charge in [0, 0.05) is 25.0 Å². The van der Waals surface area contributed by atoms with Crippen LogP contribution >= 0.6 is 0 Å². The predicted molar refractivity (Wildman–Crippen MR) is 92.4 cm³/mol. The highest BCUT2D eigenvalue weighted by atomic mass is 16.2. The van der Waals surface area contributed by atoms with Crippen molar-refractivity contribution in [3.63, 3.8) is 0 Å². The SMILES string of the molecule is O=C(NCc1ccc(Cn2cccn2)cc1)NC(C1CC1)C1CC1. The van der Waals surface area contributed by atoms with Gasteiger partial charge in [-0.25, -0.2) is 4.79 Å². The molecule has 2 amide bonds. The lowest BCUT2D eigenvalue weighted by Crippen LogP contribution is -2.44. The van der Waals surface area contributed by atoms with Gasteiger partial charge >= 0.3 is 6.03 Å². The van der Waals surface area contributed by atoms with Gasteiger partial charge in [0.2, 0.25) is 0 Å². The Morgan fingerprint density at radius 2 is 1.79 bits per heavy atom. The highest BCUT2D eigenvalue weighted by Crippen LogP contribution is 2.44. The summed E-state index contributed by atoms with van der Waals surface area (Å²) in [5, 5.41) is 10.4. The summed E-state index contributed by atoms with van der Waals surface area (Å²) in [4.78, 5) is 12.1. The van der Waals surface area contributed by atoms with Crippen LogP contribution in [0, 0.1) is 11.8 Å². The molecule has 1 heterocycles. The Balaban J connectivity index is 1.25. The largest absolute Gasteiger partial charge is 0.335 e. The topological polar surface area (TPSA) is 59.0 Å². The van der Waals surface area contributed by atoms with Crippen LogP contribution in [-0.2, 0) is 13.1 Å². The fourth-order valence-corrected chi connectivity index (χ4v) is 3.26. The summed E-state index contributed by atoms with van der Waals surface area (Å²) in [6, 6.07) is 10.6. The van der Waals surface area contributed by atoms with Crippen LogP contribution < -0.4 is 10.6 Å². The van der Waals surface area contributed by atoms with Crippen molar-refractivity contribution in [2.45, 2.75) is 44.8 Å². The van der Waals surface area contributed by atoms with Crippen LogP contribution in [0.2, 0.25) is 0 Å². The lowest BCUT2D eigenvalue weighted by Gasteiger charge is -2.18. The average Bonchev–Trinajstić information content (AvgIpc) is 3.52. The molecule has 0 aliphatic heterocycles. The normalized spacial score (nSPS) is 17.0. The van der Waals surface area contributed by atoms with Gasteiger partial charge < -0.3 is 10.6 Å². The average molecular weight is 324 g/mol. The molecule has 2 aliphatic carbocycles. The molecule has 5 nitrogen and oxygen atoms in total. The summed E-state index contributed by atoms with van der Waals surface area (Å²) < 4.78 is 1.90. The smallest absolute Gasteiger partial charge is 0.315 e. The van der Waals surface area contributed by atoms with Gasteiger partial charge in [-0.2, -0.15) is 5.10 Å². The first-order valence-electron chi connectivity index (χ1n) is 8.87. The Bertz CT molecular complexity index is 660. The minimum Gasteiger partial charge on any atom is -0.335 e. The second-order valence-electron chi connectivity index (χ2n) is 7.05. The van der Waals surface area contributed by atoms with Crippen LogP contribution in [-0.4, -0.2) is 21.9 Å². The van der Waals surface area contributed by atoms with E-state index in [1.807, 2.05) is 16.9 Å². The Morgan fingerprint density at radius 1 is 1.12 bits per heavy atom. The van der Waals surface area contributed by atoms with Crippen molar-refractivity contribution in [2.75, 3.05) is 0 Å². The fourth-order valence-electron chi connectivity index (χ4n) is 3.26. The molecule has 0 radical (unpaired) electrons. The minimum atomic E-state index is -0.0283. The van der Waals surface area contributed by atoms with E-state index in [0.717, 1.165) is 23.9 Å². The molecule has 4 rings (SSSR count). The van der Waals surface area contributed by atoms with Crippen LogP contribution in [0.15, 0.2) is 42.7 Å². The van der Waals surface area contributed by atoms with Crippen molar-refractivity contribution in [1.82, 2.24) is 20.4 Å². The number of nitrogens with zero attached hydrogens (tertiary/aromatic N) is 2. The third-order valence-corrected chi connectivity index (χ3v) is 4.94. The molecule has 1 aromatic heterocycles. The van der Waals surface area contributed by atoms with Crippen molar-refractivity contribution >= 4 is 6.03 Å². The van der Waals surface area contributed by atoms with Crippen LogP contribution in [0.5, 0.6) is 0 Å². The maximum absolute atomic E-state index is 12.1. The van der Waals surface area contributed by atoms with Crippen molar-refractivity contribution < 1.29 is 4.79 Å². The zero-order valence-corrected chi connectivity index (χ0v) is 13.8. The van der Waals surface area contributed by atoms with Gasteiger partial charge in [-0.1, -0.05) is 24.3 Å². The number of aromatic nitrogens is 2. The van der Waals surface area contributed by atoms with Crippen LogP contribution in [0.1, 0.15) is 36.8 Å². The van der Waals surface area contributed by atoms with E-state index in [0.29, 0.717) is 12.6 Å². The van der Waals surface area contributed by atoms with Gasteiger partial charge in [0.15, 0.2) is 0 Å². The van der Waals surface area contributed by atoms with Gasteiger partial charge in [-0.3, -0.25) is 4.68 Å². The summed E-state index contributed by atoms with van der Waals surface area (Å²) in [5.41, 5.74) is 2.32. The molecule has 0 atom stereocenters. The summed E-state index contributed by atoms with van der Waals surface area (Å²) >= 11 is 0. The number of amides is 2. The van der Waals surface area contributed by atoms with Gasteiger partial charge in [-0.05, 0) is 54.7 Å². The molecular weight excluding hydrogens is 300 g/mol. The standard InChI is InChI=1S/C19H24N4O/c24-19(22-18(16-6-7-16)17-8-9-17)20-12-14-2-4-15(5-3-14)13-23-11-1-10-21-23/h1-5,10-11,16-18H,6-9,12-13H2,(H2,20,22,24). The maximum Gasteiger partial charge on any atom is 0.315 e. The molecule has 0 unspecified atom stereocenters. The Morgan fingerprint density at radius 3 is 2.38 bits per heavy atom. The Labute approximate surface area is 142 Å². The molecule has 24 heavy (non-hydrogen) atoms. The molecule has 2 saturated carbocycles. The lowest BCUT2D eigenvalue weighted by molar-refractivity contribution is 0.233. The zero-order valence-electron chi connectivity index (χ0n) is 13.8. The number of nitrogens with one attached hydrogen (secondary N) is 2. The molecule has 2 fully saturated rings. The number of rotatable bonds is 7. The highest BCUT2D eigenvalue weighted by molar-refractivity contribution is 5.74.